The van der Waals surface area contributed by atoms with E-state index in [-0.39, 0.29) is 11.8 Å². The highest BCUT2D eigenvalue weighted by molar-refractivity contribution is 6.02. The van der Waals surface area contributed by atoms with E-state index in [2.05, 4.69) is 15.5 Å². The Morgan fingerprint density at radius 3 is 2.86 bits per heavy atom. The molecular weight excluding hydrogens is 270 g/mol. The number of amides is 1. The Morgan fingerprint density at radius 1 is 1.33 bits per heavy atom. The highest BCUT2D eigenvalue weighted by atomic mass is 16.4. The number of hydrogen-bond donors (Lipinski definition) is 3. The van der Waals surface area contributed by atoms with Gasteiger partial charge in [0.05, 0.1) is 29.2 Å². The van der Waals surface area contributed by atoms with Gasteiger partial charge in [0.1, 0.15) is 0 Å². The van der Waals surface area contributed by atoms with E-state index in [1.165, 1.54) is 0 Å². The molecule has 0 spiro atoms. The molecule has 3 N–H and O–H groups in total. The molecule has 0 saturated heterocycles. The number of carbonyl (C=O) groups excluding carboxylic acids is 1. The predicted molar refractivity (Wildman–Crippen MR) is 77.7 cm³/mol. The molecule has 2 aromatic rings. The van der Waals surface area contributed by atoms with Gasteiger partial charge in [-0.05, 0) is 24.8 Å². The van der Waals surface area contributed by atoms with Gasteiger partial charge in [-0.3, -0.25) is 14.7 Å². The second-order valence-corrected chi connectivity index (χ2v) is 5.76. The van der Waals surface area contributed by atoms with Crippen LogP contribution in [0.15, 0.2) is 24.4 Å². The number of nitrogens with zero attached hydrogens (tertiary/aromatic N) is 1. The van der Waals surface area contributed by atoms with Crippen LogP contribution in [0.4, 0.5) is 5.69 Å². The topological polar surface area (TPSA) is 95.1 Å². The largest absolute Gasteiger partial charge is 0.481 e. The molecule has 0 aliphatic heterocycles. The van der Waals surface area contributed by atoms with Gasteiger partial charge in [-0.2, -0.15) is 5.10 Å². The number of nitrogens with one attached hydrogen (secondary N) is 2. The molecule has 1 aliphatic carbocycles. The average Bonchev–Trinajstić information content (AvgIpc) is 3.05. The monoisotopic (exact) mass is 287 g/mol. The molecule has 6 heteroatoms. The Labute approximate surface area is 121 Å². The maximum absolute atomic E-state index is 12.4. The second kappa shape index (κ2) is 5.20. The number of carboxylic acid groups (broad SMARTS) is 1. The number of para-hydroxylation sites is 1. The van der Waals surface area contributed by atoms with Crippen molar-refractivity contribution in [2.45, 2.75) is 19.8 Å². The van der Waals surface area contributed by atoms with Gasteiger partial charge in [-0.15, -0.1) is 0 Å². The summed E-state index contributed by atoms with van der Waals surface area (Å²) in [6, 6.07) is 5.51. The molecule has 0 bridgehead atoms. The first-order chi connectivity index (χ1) is 10.1. The Morgan fingerprint density at radius 2 is 2.10 bits per heavy atom. The van der Waals surface area contributed by atoms with Gasteiger partial charge in [0.2, 0.25) is 5.91 Å². The fourth-order valence-corrected chi connectivity index (χ4v) is 3.15. The lowest BCUT2D eigenvalue weighted by atomic mass is 9.95. The SMILES string of the molecule is CC1C[C@H](C(=O)Nc2cccc3cn[nH]c23)[C@H](C(=O)O)C1. The van der Waals surface area contributed by atoms with Crippen LogP contribution in [0.5, 0.6) is 0 Å². The summed E-state index contributed by atoms with van der Waals surface area (Å²) in [5.74, 6) is -1.94. The van der Waals surface area contributed by atoms with E-state index in [0.29, 0.717) is 18.5 Å². The van der Waals surface area contributed by atoms with E-state index < -0.39 is 17.8 Å². The molecule has 110 valence electrons. The van der Waals surface area contributed by atoms with Gasteiger partial charge in [0.25, 0.3) is 0 Å². The lowest BCUT2D eigenvalue weighted by Crippen LogP contribution is -2.30. The summed E-state index contributed by atoms with van der Waals surface area (Å²) in [5.41, 5.74) is 1.39. The number of aliphatic carboxylic acids is 1. The number of anilines is 1. The fourth-order valence-electron chi connectivity index (χ4n) is 3.15. The van der Waals surface area contributed by atoms with Gasteiger partial charge < -0.3 is 10.4 Å². The van der Waals surface area contributed by atoms with E-state index in [0.717, 1.165) is 10.9 Å². The summed E-state index contributed by atoms with van der Waals surface area (Å²) in [6.45, 7) is 1.98. The van der Waals surface area contributed by atoms with Crippen molar-refractivity contribution in [3.63, 3.8) is 0 Å². The standard InChI is InChI=1S/C15H17N3O3/c1-8-5-10(11(6-8)15(20)21)14(19)17-12-4-2-3-9-7-16-18-13(9)12/h2-4,7-8,10-11H,5-6H2,1H3,(H,16,18)(H,17,19)(H,20,21)/t8?,10-,11+/m0/s1. The zero-order valence-electron chi connectivity index (χ0n) is 11.7. The second-order valence-electron chi connectivity index (χ2n) is 5.76. The van der Waals surface area contributed by atoms with Gasteiger partial charge in [-0.25, -0.2) is 0 Å². The first-order valence-electron chi connectivity index (χ1n) is 7.02. The summed E-state index contributed by atoms with van der Waals surface area (Å²) < 4.78 is 0. The quantitative estimate of drug-likeness (QED) is 0.806. The Balaban J connectivity index is 1.83. The number of fused-ring (bicyclic) bond motifs is 1. The van der Waals surface area contributed by atoms with Crippen molar-refractivity contribution in [2.75, 3.05) is 5.32 Å². The minimum absolute atomic E-state index is 0.228. The molecule has 3 rings (SSSR count). The van der Waals surface area contributed by atoms with Crippen LogP contribution in [0.2, 0.25) is 0 Å². The van der Waals surface area contributed by atoms with Crippen LogP contribution >= 0.6 is 0 Å². The van der Waals surface area contributed by atoms with E-state index in [9.17, 15) is 14.7 Å². The van der Waals surface area contributed by atoms with Crippen LogP contribution in [0.3, 0.4) is 0 Å². The minimum Gasteiger partial charge on any atom is -0.481 e. The first-order valence-corrected chi connectivity index (χ1v) is 7.02. The molecule has 1 aromatic heterocycles. The normalized spacial score (nSPS) is 25.1. The molecule has 1 fully saturated rings. The third-order valence-electron chi connectivity index (χ3n) is 4.19. The van der Waals surface area contributed by atoms with Crippen molar-refractivity contribution < 1.29 is 14.7 Å². The average molecular weight is 287 g/mol. The van der Waals surface area contributed by atoms with Crippen LogP contribution < -0.4 is 5.32 Å². The van der Waals surface area contributed by atoms with E-state index >= 15 is 0 Å². The zero-order chi connectivity index (χ0) is 15.0. The maximum atomic E-state index is 12.4. The van der Waals surface area contributed by atoms with E-state index in [1.54, 1.807) is 12.3 Å². The highest BCUT2D eigenvalue weighted by Crippen LogP contribution is 2.37. The summed E-state index contributed by atoms with van der Waals surface area (Å²) in [5, 5.41) is 19.8. The number of carboxylic acids is 1. The molecule has 1 amide bonds. The van der Waals surface area contributed by atoms with Gasteiger partial charge >= 0.3 is 5.97 Å². The number of rotatable bonds is 3. The number of benzene rings is 1. The number of hydrogen-bond acceptors (Lipinski definition) is 3. The van der Waals surface area contributed by atoms with E-state index in [1.807, 2.05) is 19.1 Å². The molecule has 1 aliphatic rings. The minimum atomic E-state index is -0.890. The molecule has 0 radical (unpaired) electrons. The molecule has 3 atom stereocenters. The number of carbonyl (C=O) groups is 2. The molecular formula is C15H17N3O3. The summed E-state index contributed by atoms with van der Waals surface area (Å²) in [6.07, 6.45) is 2.85. The van der Waals surface area contributed by atoms with Crippen LogP contribution in [-0.4, -0.2) is 27.2 Å². The van der Waals surface area contributed by atoms with Crippen molar-refractivity contribution >= 4 is 28.5 Å². The smallest absolute Gasteiger partial charge is 0.307 e. The van der Waals surface area contributed by atoms with Crippen molar-refractivity contribution in [3.8, 4) is 0 Å². The third-order valence-corrected chi connectivity index (χ3v) is 4.19. The van der Waals surface area contributed by atoms with Crippen LogP contribution in [0, 0.1) is 17.8 Å². The van der Waals surface area contributed by atoms with Crippen molar-refractivity contribution in [1.82, 2.24) is 10.2 Å². The van der Waals surface area contributed by atoms with Crippen LogP contribution in [0.1, 0.15) is 19.8 Å². The van der Waals surface area contributed by atoms with Crippen molar-refractivity contribution in [2.24, 2.45) is 17.8 Å². The number of aromatic nitrogens is 2. The molecule has 1 aromatic carbocycles. The van der Waals surface area contributed by atoms with E-state index in [4.69, 9.17) is 0 Å². The van der Waals surface area contributed by atoms with Crippen LogP contribution in [0.25, 0.3) is 10.9 Å². The number of aromatic amines is 1. The summed E-state index contributed by atoms with van der Waals surface area (Å²) in [4.78, 5) is 23.7. The zero-order valence-corrected chi connectivity index (χ0v) is 11.7. The molecule has 1 heterocycles. The van der Waals surface area contributed by atoms with Crippen molar-refractivity contribution in [1.29, 1.82) is 0 Å². The molecule has 1 saturated carbocycles. The summed E-state index contributed by atoms with van der Waals surface area (Å²) in [7, 11) is 0. The Hall–Kier alpha value is -2.37. The van der Waals surface area contributed by atoms with Gasteiger partial charge in [0.15, 0.2) is 0 Å². The maximum Gasteiger partial charge on any atom is 0.307 e. The van der Waals surface area contributed by atoms with Crippen LogP contribution in [-0.2, 0) is 9.59 Å². The summed E-state index contributed by atoms with van der Waals surface area (Å²) >= 11 is 0. The predicted octanol–water partition coefficient (Wildman–Crippen LogP) is 2.25. The third kappa shape index (κ3) is 2.49. The lowest BCUT2D eigenvalue weighted by molar-refractivity contribution is -0.145. The first kappa shape index (κ1) is 13.6. The fraction of sp³-hybridized carbons (Fsp3) is 0.400. The van der Waals surface area contributed by atoms with Gasteiger partial charge in [0, 0.05) is 5.39 Å². The highest BCUT2D eigenvalue weighted by Gasteiger charge is 2.41. The molecule has 21 heavy (non-hydrogen) atoms. The molecule has 1 unspecified atom stereocenters. The lowest BCUT2D eigenvalue weighted by Gasteiger charge is -2.15. The number of H-pyrrole nitrogens is 1. The molecule has 6 nitrogen and oxygen atoms in total. The Bertz CT molecular complexity index is 694. The Kier molecular flexibility index (Phi) is 3.37. The van der Waals surface area contributed by atoms with Gasteiger partial charge in [-0.1, -0.05) is 19.1 Å². The van der Waals surface area contributed by atoms with Crippen molar-refractivity contribution in [3.05, 3.63) is 24.4 Å².